The normalized spacial score (nSPS) is 12.0. The number of thioether (sulfide) groups is 1. The fourth-order valence-corrected chi connectivity index (χ4v) is 3.66. The Morgan fingerprint density at radius 1 is 1.11 bits per heavy atom. The molecular formula is C28H42N4O3S. The number of rotatable bonds is 11. The van der Waals surface area contributed by atoms with Gasteiger partial charge in [-0.15, -0.1) is 11.8 Å². The SMILES string of the molecule is CCCNCCC.CSc1cccc(-c2ccc3c(c2)N=C(N)CC(C=O)=C3)c1.NCCOCCO. The van der Waals surface area contributed by atoms with E-state index in [-0.39, 0.29) is 6.61 Å². The van der Waals surface area contributed by atoms with Gasteiger partial charge in [-0.2, -0.15) is 0 Å². The summed E-state index contributed by atoms with van der Waals surface area (Å²) < 4.78 is 4.76. The number of nitrogens with one attached hydrogen (secondary N) is 1. The summed E-state index contributed by atoms with van der Waals surface area (Å²) in [5, 5.41) is 11.4. The molecule has 1 heterocycles. The number of benzene rings is 2. The van der Waals surface area contributed by atoms with Crippen LogP contribution in [-0.4, -0.2) is 62.9 Å². The van der Waals surface area contributed by atoms with Crippen LogP contribution in [0.25, 0.3) is 17.2 Å². The molecule has 36 heavy (non-hydrogen) atoms. The second kappa shape index (κ2) is 19.7. The third kappa shape index (κ3) is 12.5. The summed E-state index contributed by atoms with van der Waals surface area (Å²) in [6.45, 7) is 8.27. The first-order valence-electron chi connectivity index (χ1n) is 12.4. The number of carbonyl (C=O) groups is 1. The third-order valence-corrected chi connectivity index (χ3v) is 5.65. The summed E-state index contributed by atoms with van der Waals surface area (Å²) in [6, 6.07) is 14.4. The van der Waals surface area contributed by atoms with Gasteiger partial charge < -0.3 is 26.6 Å². The molecule has 0 amide bonds. The summed E-state index contributed by atoms with van der Waals surface area (Å²) in [6.07, 6.45) is 7.66. The fraction of sp³-hybridized carbons (Fsp3) is 0.429. The van der Waals surface area contributed by atoms with Crippen LogP contribution in [0.4, 0.5) is 5.69 Å². The minimum atomic E-state index is 0.0833. The van der Waals surface area contributed by atoms with Gasteiger partial charge in [0.15, 0.2) is 0 Å². The molecule has 0 bridgehead atoms. The van der Waals surface area contributed by atoms with E-state index in [1.165, 1.54) is 30.8 Å². The lowest BCUT2D eigenvalue weighted by molar-refractivity contribution is -0.104. The Kier molecular flexibility index (Phi) is 17.2. The molecule has 2 aromatic rings. The highest BCUT2D eigenvalue weighted by molar-refractivity contribution is 7.98. The maximum atomic E-state index is 11.0. The van der Waals surface area contributed by atoms with E-state index in [1.54, 1.807) is 11.8 Å². The Morgan fingerprint density at radius 3 is 2.44 bits per heavy atom. The molecule has 6 N–H and O–H groups in total. The Morgan fingerprint density at radius 2 is 1.83 bits per heavy atom. The van der Waals surface area contributed by atoms with Crippen LogP contribution in [0.1, 0.15) is 38.7 Å². The van der Waals surface area contributed by atoms with Crippen molar-refractivity contribution in [3.63, 3.8) is 0 Å². The highest BCUT2D eigenvalue weighted by Gasteiger charge is 2.11. The van der Waals surface area contributed by atoms with Gasteiger partial charge in [0, 0.05) is 29.0 Å². The lowest BCUT2D eigenvalue weighted by Crippen LogP contribution is -2.14. The molecule has 0 saturated carbocycles. The Labute approximate surface area is 220 Å². The van der Waals surface area contributed by atoms with Crippen LogP contribution in [0.2, 0.25) is 0 Å². The van der Waals surface area contributed by atoms with Crippen molar-refractivity contribution >= 4 is 35.6 Å². The van der Waals surface area contributed by atoms with E-state index < -0.39 is 0 Å². The molecule has 0 atom stereocenters. The first-order valence-corrected chi connectivity index (χ1v) is 13.6. The second-order valence-corrected chi connectivity index (χ2v) is 8.88. The number of aliphatic hydroxyl groups excluding tert-OH is 1. The second-order valence-electron chi connectivity index (χ2n) is 8.00. The van der Waals surface area contributed by atoms with E-state index in [2.05, 4.69) is 54.7 Å². The largest absolute Gasteiger partial charge is 0.394 e. The number of ether oxygens (including phenoxy) is 1. The van der Waals surface area contributed by atoms with Gasteiger partial charge in [-0.3, -0.25) is 4.79 Å². The summed E-state index contributed by atoms with van der Waals surface area (Å²) in [7, 11) is 0. The summed E-state index contributed by atoms with van der Waals surface area (Å²) in [5.74, 6) is 0.465. The number of hydrogen-bond donors (Lipinski definition) is 4. The fourth-order valence-electron chi connectivity index (χ4n) is 3.20. The first-order chi connectivity index (χ1) is 17.5. The Balaban J connectivity index is 0.000000383. The number of aliphatic hydroxyl groups is 1. The molecule has 0 aromatic heterocycles. The molecule has 8 heteroatoms. The van der Waals surface area contributed by atoms with E-state index >= 15 is 0 Å². The minimum Gasteiger partial charge on any atom is -0.394 e. The number of aldehydes is 1. The first kappa shape index (κ1) is 31.5. The molecular weight excluding hydrogens is 472 g/mol. The molecule has 1 aliphatic rings. The van der Waals surface area contributed by atoms with Crippen molar-refractivity contribution < 1.29 is 14.6 Å². The van der Waals surface area contributed by atoms with Crippen molar-refractivity contribution in [3.8, 4) is 11.1 Å². The van der Waals surface area contributed by atoms with Crippen LogP contribution >= 0.6 is 11.8 Å². The van der Waals surface area contributed by atoms with Crippen molar-refractivity contribution in [2.45, 2.75) is 38.0 Å². The molecule has 7 nitrogen and oxygen atoms in total. The quantitative estimate of drug-likeness (QED) is 0.199. The minimum absolute atomic E-state index is 0.0833. The lowest BCUT2D eigenvalue weighted by Gasteiger charge is -2.07. The van der Waals surface area contributed by atoms with E-state index in [1.807, 2.05) is 24.3 Å². The number of nitrogens with two attached hydrogens (primary N) is 2. The van der Waals surface area contributed by atoms with Crippen molar-refractivity contribution in [2.24, 2.45) is 16.5 Å². The lowest BCUT2D eigenvalue weighted by atomic mass is 10.0. The number of fused-ring (bicyclic) bond motifs is 1. The van der Waals surface area contributed by atoms with Crippen molar-refractivity contribution in [1.82, 2.24) is 5.32 Å². The van der Waals surface area contributed by atoms with Crippen molar-refractivity contribution in [2.75, 3.05) is 45.7 Å². The highest BCUT2D eigenvalue weighted by Crippen LogP contribution is 2.32. The van der Waals surface area contributed by atoms with E-state index in [9.17, 15) is 4.79 Å². The van der Waals surface area contributed by atoms with Gasteiger partial charge in [0.2, 0.25) is 0 Å². The van der Waals surface area contributed by atoms with Gasteiger partial charge >= 0.3 is 0 Å². The Hall–Kier alpha value is -2.49. The Bertz CT molecular complexity index is 946. The van der Waals surface area contributed by atoms with Gasteiger partial charge in [0.1, 0.15) is 12.1 Å². The van der Waals surface area contributed by atoms with Crippen LogP contribution in [0, 0.1) is 0 Å². The van der Waals surface area contributed by atoms with E-state index in [4.69, 9.17) is 21.3 Å². The molecule has 2 aromatic carbocycles. The van der Waals surface area contributed by atoms with Gasteiger partial charge in [-0.25, -0.2) is 4.99 Å². The van der Waals surface area contributed by atoms with Crippen LogP contribution in [0.15, 0.2) is 57.9 Å². The van der Waals surface area contributed by atoms with Gasteiger partial charge in [-0.1, -0.05) is 38.1 Å². The summed E-state index contributed by atoms with van der Waals surface area (Å²) in [4.78, 5) is 16.7. The molecule has 0 spiro atoms. The topological polar surface area (TPSA) is 123 Å². The van der Waals surface area contributed by atoms with Crippen molar-refractivity contribution in [1.29, 1.82) is 0 Å². The number of aliphatic imine (C=N–C) groups is 1. The number of carbonyl (C=O) groups excluding carboxylic acids is 1. The third-order valence-electron chi connectivity index (χ3n) is 4.93. The van der Waals surface area contributed by atoms with Crippen LogP contribution < -0.4 is 16.8 Å². The smallest absolute Gasteiger partial charge is 0.146 e. The zero-order chi connectivity index (χ0) is 26.6. The van der Waals surface area contributed by atoms with Crippen LogP contribution in [0.5, 0.6) is 0 Å². The van der Waals surface area contributed by atoms with E-state index in [0.717, 1.165) is 28.7 Å². The summed E-state index contributed by atoms with van der Waals surface area (Å²) in [5.41, 5.74) is 15.6. The predicted octanol–water partition coefficient (Wildman–Crippen LogP) is 4.40. The molecule has 0 saturated heterocycles. The average molecular weight is 515 g/mol. The predicted molar refractivity (Wildman–Crippen MR) is 154 cm³/mol. The van der Waals surface area contributed by atoms with Gasteiger partial charge in [0.05, 0.1) is 25.5 Å². The maximum absolute atomic E-state index is 11.0. The standard InChI is InChI=1S/C18H16N2OS.C6H15N.C4H11NO2/c1-22-16-4-2-3-13(9-16)14-5-6-15-7-12(11-21)8-18(19)20-17(15)10-14;1-3-5-7-6-4-2;5-1-3-7-4-2-6/h2-7,9-11H,8H2,1H3,(H2,19,20);7H,3-6H2,1-2H3;6H,1-5H2. The molecule has 0 aliphatic carbocycles. The van der Waals surface area contributed by atoms with Gasteiger partial charge in [-0.05, 0) is 67.6 Å². The van der Waals surface area contributed by atoms with Crippen molar-refractivity contribution in [3.05, 3.63) is 53.6 Å². The number of hydrogen-bond acceptors (Lipinski definition) is 8. The zero-order valence-electron chi connectivity index (χ0n) is 21.8. The molecule has 1 aliphatic heterocycles. The summed E-state index contributed by atoms with van der Waals surface area (Å²) >= 11 is 1.72. The monoisotopic (exact) mass is 514 g/mol. The molecule has 198 valence electrons. The van der Waals surface area contributed by atoms with Crippen LogP contribution in [-0.2, 0) is 9.53 Å². The zero-order valence-corrected chi connectivity index (χ0v) is 22.7. The average Bonchev–Trinajstić information content (AvgIpc) is 3.07. The number of nitrogens with zero attached hydrogens (tertiary/aromatic N) is 1. The molecule has 0 fully saturated rings. The van der Waals surface area contributed by atoms with Gasteiger partial charge in [0.25, 0.3) is 0 Å². The molecule has 3 rings (SSSR count). The van der Waals surface area contributed by atoms with Crippen LogP contribution in [0.3, 0.4) is 0 Å². The molecule has 0 radical (unpaired) electrons. The molecule has 0 unspecified atom stereocenters. The number of amidine groups is 1. The van der Waals surface area contributed by atoms with E-state index in [0.29, 0.717) is 37.6 Å². The maximum Gasteiger partial charge on any atom is 0.146 e. The highest BCUT2D eigenvalue weighted by atomic mass is 32.2.